The van der Waals surface area contributed by atoms with E-state index in [1.807, 2.05) is 44.2 Å². The molecule has 0 saturated heterocycles. The van der Waals surface area contributed by atoms with Crippen LogP contribution in [0.5, 0.6) is 5.75 Å². The van der Waals surface area contributed by atoms with Crippen molar-refractivity contribution in [1.82, 2.24) is 14.5 Å². The Labute approximate surface area is 180 Å². The number of aryl methyl sites for hydroxylation is 1. The Morgan fingerprint density at radius 2 is 1.71 bits per heavy atom. The van der Waals surface area contributed by atoms with Crippen molar-refractivity contribution in [3.05, 3.63) is 93.3 Å². The second-order valence-corrected chi connectivity index (χ2v) is 7.30. The molecule has 0 spiro atoms. The van der Waals surface area contributed by atoms with E-state index < -0.39 is 11.1 Å². The highest BCUT2D eigenvalue weighted by Crippen LogP contribution is 2.20. The summed E-state index contributed by atoms with van der Waals surface area (Å²) in [7, 11) is 0. The zero-order chi connectivity index (χ0) is 22.2. The summed E-state index contributed by atoms with van der Waals surface area (Å²) in [4.78, 5) is 37.6. The SMILES string of the molecule is CCOc1ccccc1-n1ccn(CC(=O)N[C@H](C)CCc2ccccc2)c(=O)c1=O. The predicted octanol–water partition coefficient (Wildman–Crippen LogP) is 2.54. The van der Waals surface area contributed by atoms with Crippen molar-refractivity contribution < 1.29 is 9.53 Å². The van der Waals surface area contributed by atoms with Crippen LogP contribution in [-0.2, 0) is 17.8 Å². The van der Waals surface area contributed by atoms with Crippen LogP contribution in [-0.4, -0.2) is 27.7 Å². The fourth-order valence-electron chi connectivity index (χ4n) is 3.33. The predicted molar refractivity (Wildman–Crippen MR) is 120 cm³/mol. The molecular weight excluding hydrogens is 394 g/mol. The minimum absolute atomic E-state index is 0.0538. The van der Waals surface area contributed by atoms with E-state index in [4.69, 9.17) is 4.74 Å². The molecule has 1 heterocycles. The molecule has 0 aliphatic carbocycles. The van der Waals surface area contributed by atoms with Crippen LogP contribution in [0.3, 0.4) is 0 Å². The van der Waals surface area contributed by atoms with Crippen molar-refractivity contribution in [3.8, 4) is 11.4 Å². The Morgan fingerprint density at radius 1 is 1.00 bits per heavy atom. The third-order valence-electron chi connectivity index (χ3n) is 4.91. The summed E-state index contributed by atoms with van der Waals surface area (Å²) in [5.74, 6) is 0.198. The summed E-state index contributed by atoms with van der Waals surface area (Å²) in [5.41, 5.74) is 0.189. The van der Waals surface area contributed by atoms with E-state index in [9.17, 15) is 14.4 Å². The van der Waals surface area contributed by atoms with Crippen molar-refractivity contribution in [3.63, 3.8) is 0 Å². The third kappa shape index (κ3) is 5.72. The van der Waals surface area contributed by atoms with E-state index in [1.54, 1.807) is 24.3 Å². The van der Waals surface area contributed by atoms with Gasteiger partial charge in [-0.1, -0.05) is 42.5 Å². The Morgan fingerprint density at radius 3 is 2.45 bits per heavy atom. The van der Waals surface area contributed by atoms with Crippen molar-refractivity contribution in [2.24, 2.45) is 0 Å². The lowest BCUT2D eigenvalue weighted by Gasteiger charge is -2.15. The lowest BCUT2D eigenvalue weighted by atomic mass is 10.1. The van der Waals surface area contributed by atoms with E-state index in [2.05, 4.69) is 5.32 Å². The van der Waals surface area contributed by atoms with Gasteiger partial charge in [-0.15, -0.1) is 0 Å². The molecule has 1 N–H and O–H groups in total. The third-order valence-corrected chi connectivity index (χ3v) is 4.91. The van der Waals surface area contributed by atoms with Crippen LogP contribution in [0.2, 0.25) is 0 Å². The molecule has 0 fully saturated rings. The molecule has 3 aromatic rings. The van der Waals surface area contributed by atoms with E-state index >= 15 is 0 Å². The first-order valence-corrected chi connectivity index (χ1v) is 10.4. The topological polar surface area (TPSA) is 82.3 Å². The Bertz CT molecular complexity index is 1140. The number of nitrogens with one attached hydrogen (secondary N) is 1. The molecule has 0 bridgehead atoms. The molecule has 3 rings (SSSR count). The van der Waals surface area contributed by atoms with Crippen LogP contribution in [0.25, 0.3) is 5.69 Å². The molecule has 0 aliphatic heterocycles. The number of hydrogen-bond acceptors (Lipinski definition) is 4. The number of carbonyl (C=O) groups excluding carboxylic acids is 1. The number of nitrogens with zero attached hydrogens (tertiary/aromatic N) is 2. The number of ether oxygens (including phenoxy) is 1. The normalized spacial score (nSPS) is 11.7. The number of rotatable bonds is 9. The van der Waals surface area contributed by atoms with Crippen LogP contribution in [0.1, 0.15) is 25.8 Å². The molecule has 0 saturated carbocycles. The fraction of sp³-hybridized carbons (Fsp3) is 0.292. The number of carbonyl (C=O) groups is 1. The quantitative estimate of drug-likeness (QED) is 0.539. The highest BCUT2D eigenvalue weighted by atomic mass is 16.5. The smallest absolute Gasteiger partial charge is 0.321 e. The Hall–Kier alpha value is -3.61. The van der Waals surface area contributed by atoms with Gasteiger partial charge in [-0.3, -0.25) is 23.5 Å². The van der Waals surface area contributed by atoms with Gasteiger partial charge in [0.05, 0.1) is 12.3 Å². The van der Waals surface area contributed by atoms with Crippen molar-refractivity contribution in [1.29, 1.82) is 0 Å². The first-order valence-electron chi connectivity index (χ1n) is 10.4. The first-order chi connectivity index (χ1) is 15.0. The van der Waals surface area contributed by atoms with Gasteiger partial charge in [0.1, 0.15) is 12.3 Å². The molecule has 1 amide bonds. The molecule has 7 nitrogen and oxygen atoms in total. The minimum atomic E-state index is -0.763. The zero-order valence-electron chi connectivity index (χ0n) is 17.8. The van der Waals surface area contributed by atoms with Crippen molar-refractivity contribution in [2.45, 2.75) is 39.3 Å². The van der Waals surface area contributed by atoms with Gasteiger partial charge in [0.2, 0.25) is 5.91 Å². The zero-order valence-corrected chi connectivity index (χ0v) is 17.8. The monoisotopic (exact) mass is 421 g/mol. The van der Waals surface area contributed by atoms with E-state index in [-0.39, 0.29) is 18.5 Å². The highest BCUT2D eigenvalue weighted by Gasteiger charge is 2.14. The van der Waals surface area contributed by atoms with Crippen LogP contribution in [0.15, 0.2) is 76.6 Å². The van der Waals surface area contributed by atoms with Crippen LogP contribution in [0.4, 0.5) is 0 Å². The fourth-order valence-corrected chi connectivity index (χ4v) is 3.33. The summed E-state index contributed by atoms with van der Waals surface area (Å²) in [6.45, 7) is 3.99. The van der Waals surface area contributed by atoms with Crippen LogP contribution >= 0.6 is 0 Å². The summed E-state index contributed by atoms with van der Waals surface area (Å²) >= 11 is 0. The maximum absolute atomic E-state index is 12.7. The van der Waals surface area contributed by atoms with Gasteiger partial charge in [0.25, 0.3) is 0 Å². The molecular formula is C24H27N3O4. The standard InChI is InChI=1S/C24H27N3O4/c1-3-31-21-12-8-7-11-20(21)27-16-15-26(23(29)24(27)30)17-22(28)25-18(2)13-14-19-9-5-4-6-10-19/h4-12,15-16,18H,3,13-14,17H2,1-2H3,(H,25,28)/t18-/m1/s1. The van der Waals surface area contributed by atoms with E-state index in [1.165, 1.54) is 22.5 Å². The number of hydrogen-bond donors (Lipinski definition) is 1. The molecule has 7 heteroatoms. The molecule has 31 heavy (non-hydrogen) atoms. The number of benzene rings is 2. The van der Waals surface area contributed by atoms with Crippen LogP contribution in [0, 0.1) is 0 Å². The van der Waals surface area contributed by atoms with E-state index in [0.717, 1.165) is 17.4 Å². The highest BCUT2D eigenvalue weighted by molar-refractivity contribution is 5.76. The number of amides is 1. The minimum Gasteiger partial charge on any atom is -0.492 e. The summed E-state index contributed by atoms with van der Waals surface area (Å²) in [5, 5.41) is 2.89. The molecule has 1 aromatic heterocycles. The molecule has 162 valence electrons. The average Bonchev–Trinajstić information content (AvgIpc) is 2.77. The van der Waals surface area contributed by atoms with E-state index in [0.29, 0.717) is 18.0 Å². The van der Waals surface area contributed by atoms with Gasteiger partial charge in [-0.05, 0) is 44.4 Å². The van der Waals surface area contributed by atoms with Gasteiger partial charge >= 0.3 is 11.1 Å². The number of aromatic nitrogens is 2. The second kappa shape index (κ2) is 10.4. The van der Waals surface area contributed by atoms with Gasteiger partial charge in [0, 0.05) is 18.4 Å². The molecule has 1 atom stereocenters. The van der Waals surface area contributed by atoms with Gasteiger partial charge in [-0.25, -0.2) is 0 Å². The molecule has 0 radical (unpaired) electrons. The molecule has 0 aliphatic rings. The van der Waals surface area contributed by atoms with Gasteiger partial charge in [0.15, 0.2) is 0 Å². The lowest BCUT2D eigenvalue weighted by Crippen LogP contribution is -2.43. The van der Waals surface area contributed by atoms with Crippen molar-refractivity contribution >= 4 is 5.91 Å². The maximum atomic E-state index is 12.7. The lowest BCUT2D eigenvalue weighted by molar-refractivity contribution is -0.122. The Kier molecular flexibility index (Phi) is 7.43. The van der Waals surface area contributed by atoms with Gasteiger partial charge in [-0.2, -0.15) is 0 Å². The largest absolute Gasteiger partial charge is 0.492 e. The van der Waals surface area contributed by atoms with Crippen molar-refractivity contribution in [2.75, 3.05) is 6.61 Å². The first kappa shape index (κ1) is 22.1. The van der Waals surface area contributed by atoms with Crippen LogP contribution < -0.4 is 21.2 Å². The number of para-hydroxylation sites is 2. The summed E-state index contributed by atoms with van der Waals surface area (Å²) < 4.78 is 7.91. The Balaban J connectivity index is 1.67. The van der Waals surface area contributed by atoms with Gasteiger partial charge < -0.3 is 10.1 Å². The molecule has 0 unspecified atom stereocenters. The summed E-state index contributed by atoms with van der Waals surface area (Å²) in [6.07, 6.45) is 4.55. The molecule has 2 aromatic carbocycles. The summed E-state index contributed by atoms with van der Waals surface area (Å²) in [6, 6.07) is 17.0. The average molecular weight is 421 g/mol. The maximum Gasteiger partial charge on any atom is 0.321 e. The second-order valence-electron chi connectivity index (χ2n) is 7.30.